The van der Waals surface area contributed by atoms with Gasteiger partial charge in [-0.1, -0.05) is 18.7 Å². The summed E-state index contributed by atoms with van der Waals surface area (Å²) in [5, 5.41) is 4.24. The van der Waals surface area contributed by atoms with Gasteiger partial charge in [-0.2, -0.15) is 5.01 Å². The molecule has 10 heteroatoms. The van der Waals surface area contributed by atoms with Crippen LogP contribution in [0.4, 0.5) is 4.79 Å². The maximum atomic E-state index is 12.9. The van der Waals surface area contributed by atoms with Crippen LogP contribution in [0, 0.1) is 5.92 Å². The largest absolute Gasteiger partial charge is 0.497 e. The van der Waals surface area contributed by atoms with E-state index in [-0.39, 0.29) is 11.7 Å². The summed E-state index contributed by atoms with van der Waals surface area (Å²) in [4.78, 5) is 42.0. The van der Waals surface area contributed by atoms with Crippen molar-refractivity contribution < 1.29 is 19.1 Å². The SMILES string of the molecule is COc1ccc(-n2ccnc2SCC(=O)NN2C(=O)NC3(CCC(C)CC3)C2=O)cc1. The van der Waals surface area contributed by atoms with Crippen LogP contribution in [0.2, 0.25) is 0 Å². The molecule has 1 aromatic carbocycles. The first-order chi connectivity index (χ1) is 14.9. The summed E-state index contributed by atoms with van der Waals surface area (Å²) in [6.45, 7) is 2.14. The van der Waals surface area contributed by atoms with Crippen LogP contribution in [0.1, 0.15) is 32.6 Å². The number of hydrazine groups is 1. The van der Waals surface area contributed by atoms with Crippen LogP contribution in [0.15, 0.2) is 41.8 Å². The van der Waals surface area contributed by atoms with Crippen molar-refractivity contribution in [2.75, 3.05) is 12.9 Å². The summed E-state index contributed by atoms with van der Waals surface area (Å²) in [6, 6.07) is 6.90. The molecular formula is C21H25N5O4S. The van der Waals surface area contributed by atoms with E-state index < -0.39 is 17.5 Å². The fraction of sp³-hybridized carbons (Fsp3) is 0.429. The van der Waals surface area contributed by atoms with Crippen LogP contribution in [0.5, 0.6) is 5.75 Å². The number of ether oxygens (including phenoxy) is 1. The van der Waals surface area contributed by atoms with Gasteiger partial charge in [-0.15, -0.1) is 0 Å². The van der Waals surface area contributed by atoms with E-state index in [0.29, 0.717) is 23.9 Å². The molecule has 1 aliphatic heterocycles. The molecule has 2 heterocycles. The number of benzene rings is 1. The lowest BCUT2D eigenvalue weighted by Gasteiger charge is -2.33. The Balaban J connectivity index is 1.36. The second kappa shape index (κ2) is 8.62. The average Bonchev–Trinajstić information content (AvgIpc) is 3.33. The molecule has 0 radical (unpaired) electrons. The number of urea groups is 1. The highest BCUT2D eigenvalue weighted by Crippen LogP contribution is 2.35. The standard InChI is InChI=1S/C21H25N5O4S/c1-14-7-9-21(10-8-14)18(28)26(19(29)23-21)24-17(27)13-31-20-22-11-12-25(20)15-3-5-16(30-2)6-4-15/h3-6,11-12,14H,7-10,13H2,1-2H3,(H,23,29)(H,24,27). The van der Waals surface area contributed by atoms with Crippen LogP contribution in [-0.2, 0) is 9.59 Å². The molecule has 1 aliphatic carbocycles. The average molecular weight is 444 g/mol. The second-order valence-corrected chi connectivity index (χ2v) is 8.88. The predicted octanol–water partition coefficient (Wildman–Crippen LogP) is 2.50. The fourth-order valence-corrected chi connectivity index (χ4v) is 4.70. The molecule has 2 aliphatic rings. The van der Waals surface area contributed by atoms with E-state index in [1.54, 1.807) is 19.5 Å². The van der Waals surface area contributed by atoms with E-state index in [2.05, 4.69) is 22.7 Å². The molecule has 9 nitrogen and oxygen atoms in total. The zero-order valence-corrected chi connectivity index (χ0v) is 18.3. The Morgan fingerprint density at radius 3 is 2.68 bits per heavy atom. The summed E-state index contributed by atoms with van der Waals surface area (Å²) in [7, 11) is 1.61. The number of carbonyl (C=O) groups excluding carboxylic acids is 3. The van der Waals surface area contributed by atoms with E-state index in [9.17, 15) is 14.4 Å². The molecule has 31 heavy (non-hydrogen) atoms. The maximum absolute atomic E-state index is 12.9. The molecule has 1 spiro atoms. The van der Waals surface area contributed by atoms with Crippen LogP contribution in [-0.4, -0.2) is 50.8 Å². The highest BCUT2D eigenvalue weighted by Gasteiger charge is 2.52. The van der Waals surface area contributed by atoms with Gasteiger partial charge >= 0.3 is 6.03 Å². The summed E-state index contributed by atoms with van der Waals surface area (Å²) in [5.74, 6) is 0.469. The Morgan fingerprint density at radius 2 is 2.00 bits per heavy atom. The molecule has 1 aromatic heterocycles. The van der Waals surface area contributed by atoms with Crippen LogP contribution in [0.25, 0.3) is 5.69 Å². The predicted molar refractivity (Wildman–Crippen MR) is 115 cm³/mol. The third-order valence-electron chi connectivity index (χ3n) is 5.82. The number of hydrogen-bond acceptors (Lipinski definition) is 6. The Hall–Kier alpha value is -3.01. The molecule has 0 unspecified atom stereocenters. The molecule has 1 saturated heterocycles. The molecule has 0 atom stereocenters. The zero-order valence-electron chi connectivity index (χ0n) is 17.5. The number of nitrogens with zero attached hydrogens (tertiary/aromatic N) is 3. The van der Waals surface area contributed by atoms with Crippen molar-refractivity contribution >= 4 is 29.6 Å². The second-order valence-electron chi connectivity index (χ2n) is 7.94. The topological polar surface area (TPSA) is 106 Å². The quantitative estimate of drug-likeness (QED) is 0.525. The number of rotatable bonds is 6. The van der Waals surface area contributed by atoms with Crippen LogP contribution >= 0.6 is 11.8 Å². The van der Waals surface area contributed by atoms with Gasteiger partial charge in [0, 0.05) is 18.1 Å². The number of carbonyl (C=O) groups is 3. The first-order valence-electron chi connectivity index (χ1n) is 10.2. The minimum Gasteiger partial charge on any atom is -0.497 e. The number of methoxy groups -OCH3 is 1. The molecule has 2 aromatic rings. The third-order valence-corrected chi connectivity index (χ3v) is 6.78. The van der Waals surface area contributed by atoms with E-state index in [4.69, 9.17) is 4.74 Å². The van der Waals surface area contributed by atoms with Gasteiger partial charge in [0.25, 0.3) is 5.91 Å². The van der Waals surface area contributed by atoms with Crippen molar-refractivity contribution in [3.8, 4) is 11.4 Å². The van der Waals surface area contributed by atoms with Crippen LogP contribution < -0.4 is 15.5 Å². The van der Waals surface area contributed by atoms with Crippen molar-refractivity contribution in [3.63, 3.8) is 0 Å². The van der Waals surface area contributed by atoms with Crippen molar-refractivity contribution in [2.24, 2.45) is 5.92 Å². The lowest BCUT2D eigenvalue weighted by Crippen LogP contribution is -2.51. The Labute approximate surface area is 184 Å². The van der Waals surface area contributed by atoms with E-state index >= 15 is 0 Å². The van der Waals surface area contributed by atoms with Gasteiger partial charge in [0.1, 0.15) is 11.3 Å². The Kier molecular flexibility index (Phi) is 5.90. The summed E-state index contributed by atoms with van der Waals surface area (Å²) < 4.78 is 7.03. The smallest absolute Gasteiger partial charge is 0.344 e. The molecule has 164 valence electrons. The van der Waals surface area contributed by atoms with Gasteiger partial charge in [-0.05, 0) is 55.9 Å². The van der Waals surface area contributed by atoms with E-state index in [1.807, 2.05) is 28.8 Å². The molecule has 4 rings (SSSR count). The van der Waals surface area contributed by atoms with Crippen molar-refractivity contribution in [1.82, 2.24) is 25.3 Å². The van der Waals surface area contributed by atoms with Gasteiger partial charge in [-0.3, -0.25) is 19.6 Å². The van der Waals surface area contributed by atoms with Crippen LogP contribution in [0.3, 0.4) is 0 Å². The lowest BCUT2D eigenvalue weighted by molar-refractivity contribution is -0.139. The third kappa shape index (κ3) is 4.25. The number of nitrogens with one attached hydrogen (secondary N) is 2. The highest BCUT2D eigenvalue weighted by atomic mass is 32.2. The number of amides is 4. The van der Waals surface area contributed by atoms with Gasteiger partial charge in [0.2, 0.25) is 5.91 Å². The summed E-state index contributed by atoms with van der Waals surface area (Å²) in [5.41, 5.74) is 2.45. The number of imide groups is 1. The normalized spacial score (nSPS) is 23.2. The molecule has 0 bridgehead atoms. The molecule has 4 amide bonds. The van der Waals surface area contributed by atoms with Crippen molar-refractivity contribution in [3.05, 3.63) is 36.7 Å². The number of thioether (sulfide) groups is 1. The van der Waals surface area contributed by atoms with Gasteiger partial charge < -0.3 is 10.1 Å². The monoisotopic (exact) mass is 443 g/mol. The first kappa shape index (κ1) is 21.2. The van der Waals surface area contributed by atoms with Gasteiger partial charge in [0.15, 0.2) is 5.16 Å². The lowest BCUT2D eigenvalue weighted by atomic mass is 9.77. The molecule has 2 N–H and O–H groups in total. The highest BCUT2D eigenvalue weighted by molar-refractivity contribution is 7.99. The first-order valence-corrected chi connectivity index (χ1v) is 11.2. The number of imidazole rings is 1. The Morgan fingerprint density at radius 1 is 1.29 bits per heavy atom. The van der Waals surface area contributed by atoms with Crippen molar-refractivity contribution in [1.29, 1.82) is 0 Å². The van der Waals surface area contributed by atoms with E-state index in [1.165, 1.54) is 11.8 Å². The summed E-state index contributed by atoms with van der Waals surface area (Å²) in [6.07, 6.45) is 6.39. The van der Waals surface area contributed by atoms with Gasteiger partial charge in [-0.25, -0.2) is 9.78 Å². The minimum atomic E-state index is -0.880. The number of aromatic nitrogens is 2. The molecule has 2 fully saturated rings. The minimum absolute atomic E-state index is 0.00820. The maximum Gasteiger partial charge on any atom is 0.344 e. The molecular weight excluding hydrogens is 418 g/mol. The van der Waals surface area contributed by atoms with Crippen molar-refractivity contribution in [2.45, 2.75) is 43.3 Å². The van der Waals surface area contributed by atoms with Gasteiger partial charge in [0.05, 0.1) is 12.9 Å². The molecule has 1 saturated carbocycles. The summed E-state index contributed by atoms with van der Waals surface area (Å²) >= 11 is 1.22. The fourth-order valence-electron chi connectivity index (χ4n) is 3.94. The zero-order chi connectivity index (χ0) is 22.0. The Bertz CT molecular complexity index is 982. The number of hydrogen-bond donors (Lipinski definition) is 2. The van der Waals surface area contributed by atoms with E-state index in [0.717, 1.165) is 29.3 Å².